The highest BCUT2D eigenvalue weighted by Gasteiger charge is 2.13. The summed E-state index contributed by atoms with van der Waals surface area (Å²) in [5.41, 5.74) is 4.05. The summed E-state index contributed by atoms with van der Waals surface area (Å²) in [6.45, 7) is 3.82. The lowest BCUT2D eigenvalue weighted by atomic mass is 10.2. The number of rotatable bonds is 7. The average Bonchev–Trinajstić information content (AvgIpc) is 3.49. The van der Waals surface area contributed by atoms with Crippen molar-refractivity contribution >= 4 is 28.4 Å². The topological polar surface area (TPSA) is 98.8 Å². The highest BCUT2D eigenvalue weighted by atomic mass is 16.1. The fraction of sp³-hybridized carbons (Fsp3) is 0.250. The number of nitrogens with zero attached hydrogens (tertiary/aromatic N) is 4. The minimum absolute atomic E-state index is 0.0811. The van der Waals surface area contributed by atoms with Crippen molar-refractivity contribution in [2.45, 2.75) is 12.8 Å². The molecule has 3 N–H and O–H groups in total. The molecule has 1 aliphatic heterocycles. The average molecular weight is 428 g/mol. The Kier molecular flexibility index (Phi) is 5.76. The molecule has 32 heavy (non-hydrogen) atoms. The lowest BCUT2D eigenvalue weighted by Crippen LogP contribution is -2.33. The van der Waals surface area contributed by atoms with Crippen LogP contribution in [0.5, 0.6) is 0 Å². The van der Waals surface area contributed by atoms with Crippen molar-refractivity contribution in [2.24, 2.45) is 0 Å². The third kappa shape index (κ3) is 4.60. The van der Waals surface area contributed by atoms with Crippen LogP contribution in [0.2, 0.25) is 0 Å². The molecule has 0 unspecified atom stereocenters. The molecule has 1 aromatic carbocycles. The van der Waals surface area contributed by atoms with Gasteiger partial charge >= 0.3 is 0 Å². The van der Waals surface area contributed by atoms with Crippen LogP contribution in [0.1, 0.15) is 23.3 Å². The molecule has 0 saturated carbocycles. The molecule has 0 spiro atoms. The number of anilines is 2. The van der Waals surface area contributed by atoms with Crippen LogP contribution in [0.4, 0.5) is 11.6 Å². The van der Waals surface area contributed by atoms with Crippen molar-refractivity contribution in [3.05, 3.63) is 66.7 Å². The Morgan fingerprint density at radius 3 is 2.84 bits per heavy atom. The summed E-state index contributed by atoms with van der Waals surface area (Å²) in [5.74, 6) is 0.420. The van der Waals surface area contributed by atoms with Gasteiger partial charge < -0.3 is 20.5 Å². The molecule has 0 aliphatic carbocycles. The van der Waals surface area contributed by atoms with E-state index in [1.54, 1.807) is 18.6 Å². The molecule has 5 rings (SSSR count). The Bertz CT molecular complexity index is 1220. The van der Waals surface area contributed by atoms with Gasteiger partial charge in [0.1, 0.15) is 5.69 Å². The molecule has 8 nitrogen and oxygen atoms in total. The van der Waals surface area contributed by atoms with E-state index in [0.717, 1.165) is 47.5 Å². The SMILES string of the molecule is O=C(NCCN1CCCC1)c1cc2cc(Nc3nccc(-c4cccnc4)n3)ccc2[nH]1. The molecule has 8 heteroatoms. The van der Waals surface area contributed by atoms with Gasteiger partial charge in [-0.1, -0.05) is 0 Å². The van der Waals surface area contributed by atoms with Gasteiger partial charge in [-0.05, 0) is 68.4 Å². The van der Waals surface area contributed by atoms with Crippen LogP contribution in [0.25, 0.3) is 22.2 Å². The van der Waals surface area contributed by atoms with Crippen LogP contribution in [0.3, 0.4) is 0 Å². The second kappa shape index (κ2) is 9.15. The van der Waals surface area contributed by atoms with Gasteiger partial charge in [-0.25, -0.2) is 9.97 Å². The number of fused-ring (bicyclic) bond motifs is 1. The Morgan fingerprint density at radius 2 is 2.00 bits per heavy atom. The van der Waals surface area contributed by atoms with E-state index in [4.69, 9.17) is 0 Å². The highest BCUT2D eigenvalue weighted by Crippen LogP contribution is 2.23. The van der Waals surface area contributed by atoms with Gasteiger partial charge in [-0.2, -0.15) is 0 Å². The van der Waals surface area contributed by atoms with Gasteiger partial charge in [0.25, 0.3) is 5.91 Å². The van der Waals surface area contributed by atoms with Crippen LogP contribution in [0, 0.1) is 0 Å². The van der Waals surface area contributed by atoms with Crippen LogP contribution in [-0.2, 0) is 0 Å². The lowest BCUT2D eigenvalue weighted by Gasteiger charge is -2.14. The predicted octanol–water partition coefficient (Wildman–Crippen LogP) is 3.59. The van der Waals surface area contributed by atoms with Crippen molar-refractivity contribution < 1.29 is 4.79 Å². The molecule has 1 saturated heterocycles. The number of carbonyl (C=O) groups excluding carboxylic acids is 1. The third-order valence-corrected chi connectivity index (χ3v) is 5.65. The van der Waals surface area contributed by atoms with Crippen molar-refractivity contribution in [1.29, 1.82) is 0 Å². The Morgan fingerprint density at radius 1 is 1.09 bits per heavy atom. The molecule has 1 aliphatic rings. The first-order valence-electron chi connectivity index (χ1n) is 10.9. The van der Waals surface area contributed by atoms with Gasteiger partial charge in [0.05, 0.1) is 5.69 Å². The Hall–Kier alpha value is -3.78. The van der Waals surface area contributed by atoms with E-state index < -0.39 is 0 Å². The Labute approximate surface area is 186 Å². The zero-order chi connectivity index (χ0) is 21.8. The zero-order valence-electron chi connectivity index (χ0n) is 17.7. The highest BCUT2D eigenvalue weighted by molar-refractivity contribution is 5.98. The molecular formula is C24H25N7O. The number of benzene rings is 1. The number of pyridine rings is 1. The van der Waals surface area contributed by atoms with Crippen LogP contribution in [0.15, 0.2) is 61.1 Å². The van der Waals surface area contributed by atoms with E-state index in [1.807, 2.05) is 42.5 Å². The number of likely N-dealkylation sites (tertiary alicyclic amines) is 1. The first kappa shape index (κ1) is 20.1. The maximum absolute atomic E-state index is 12.5. The van der Waals surface area contributed by atoms with E-state index in [0.29, 0.717) is 18.2 Å². The van der Waals surface area contributed by atoms with Crippen LogP contribution >= 0.6 is 0 Å². The van der Waals surface area contributed by atoms with Crippen molar-refractivity contribution in [3.8, 4) is 11.3 Å². The van der Waals surface area contributed by atoms with E-state index in [9.17, 15) is 4.79 Å². The van der Waals surface area contributed by atoms with Gasteiger partial charge in [0.15, 0.2) is 0 Å². The zero-order valence-corrected chi connectivity index (χ0v) is 17.7. The second-order valence-corrected chi connectivity index (χ2v) is 7.92. The van der Waals surface area contributed by atoms with Gasteiger partial charge in [-0.15, -0.1) is 0 Å². The second-order valence-electron chi connectivity index (χ2n) is 7.92. The number of H-pyrrole nitrogens is 1. The maximum atomic E-state index is 12.5. The Balaban J connectivity index is 1.26. The number of amides is 1. The number of carbonyl (C=O) groups is 1. The van der Waals surface area contributed by atoms with E-state index in [-0.39, 0.29) is 5.91 Å². The quantitative estimate of drug-likeness (QED) is 0.417. The normalized spacial score (nSPS) is 14.0. The largest absolute Gasteiger partial charge is 0.351 e. The summed E-state index contributed by atoms with van der Waals surface area (Å²) in [6, 6.07) is 13.4. The molecule has 4 heterocycles. The van der Waals surface area contributed by atoms with E-state index >= 15 is 0 Å². The summed E-state index contributed by atoms with van der Waals surface area (Å²) in [5, 5.41) is 7.21. The predicted molar refractivity (Wildman–Crippen MR) is 125 cm³/mol. The lowest BCUT2D eigenvalue weighted by molar-refractivity contribution is 0.0945. The van der Waals surface area contributed by atoms with Crippen molar-refractivity contribution in [1.82, 2.24) is 30.2 Å². The van der Waals surface area contributed by atoms with E-state index in [1.165, 1.54) is 12.8 Å². The minimum Gasteiger partial charge on any atom is -0.351 e. The summed E-state index contributed by atoms with van der Waals surface area (Å²) in [6.07, 6.45) is 7.74. The first-order chi connectivity index (χ1) is 15.7. The fourth-order valence-corrected chi connectivity index (χ4v) is 3.98. The summed E-state index contributed by atoms with van der Waals surface area (Å²) < 4.78 is 0. The maximum Gasteiger partial charge on any atom is 0.267 e. The van der Waals surface area contributed by atoms with Gasteiger partial charge in [0, 0.05) is 53.8 Å². The molecule has 0 atom stereocenters. The number of aromatic amines is 1. The molecule has 3 aromatic heterocycles. The number of nitrogens with one attached hydrogen (secondary N) is 3. The van der Waals surface area contributed by atoms with Gasteiger partial charge in [0.2, 0.25) is 5.95 Å². The molecule has 0 radical (unpaired) electrons. The van der Waals surface area contributed by atoms with Crippen LogP contribution < -0.4 is 10.6 Å². The first-order valence-corrected chi connectivity index (χ1v) is 10.9. The third-order valence-electron chi connectivity index (χ3n) is 5.65. The number of hydrogen-bond acceptors (Lipinski definition) is 6. The summed E-state index contributed by atoms with van der Waals surface area (Å²) in [7, 11) is 0. The molecule has 162 valence electrons. The molecule has 0 bridgehead atoms. The molecule has 4 aromatic rings. The monoisotopic (exact) mass is 427 g/mol. The van der Waals surface area contributed by atoms with Crippen molar-refractivity contribution in [3.63, 3.8) is 0 Å². The van der Waals surface area contributed by atoms with Crippen molar-refractivity contribution in [2.75, 3.05) is 31.5 Å². The van der Waals surface area contributed by atoms with Crippen LogP contribution in [-0.4, -0.2) is 56.9 Å². The fourth-order valence-electron chi connectivity index (χ4n) is 3.98. The molecule has 1 amide bonds. The van der Waals surface area contributed by atoms with E-state index in [2.05, 4.69) is 35.5 Å². The standard InChI is InChI=1S/C24H25N7O/c32-23(26-10-13-31-11-1-2-12-31)22-15-18-14-19(5-6-20(18)29-22)28-24-27-9-7-21(30-24)17-4-3-8-25-16-17/h3-9,14-16,29H,1-2,10-13H2,(H,26,32)(H,27,28,30). The van der Waals surface area contributed by atoms with Gasteiger partial charge in [-0.3, -0.25) is 9.78 Å². The number of aromatic nitrogens is 4. The molecular weight excluding hydrogens is 402 g/mol. The minimum atomic E-state index is -0.0811. The molecule has 1 fully saturated rings. The smallest absolute Gasteiger partial charge is 0.267 e. The summed E-state index contributed by atoms with van der Waals surface area (Å²) in [4.78, 5) is 31.2. The summed E-state index contributed by atoms with van der Waals surface area (Å²) >= 11 is 0. The number of hydrogen-bond donors (Lipinski definition) is 3.